The topological polar surface area (TPSA) is 88.7 Å². The van der Waals surface area contributed by atoms with E-state index in [-0.39, 0.29) is 12.0 Å². The number of β-amino-alcohol motifs (C(OH)–C–C–N with tert-alkyl or cyclic N) is 1. The molecule has 0 spiro atoms. The van der Waals surface area contributed by atoms with Gasteiger partial charge in [-0.05, 0) is 25.3 Å². The standard InChI is InChI=1S/C14H21N3O3/c1-3-20-14(19)10-6-13(16-7-11(10)15)17-5-4-9(2)12(18)8-17/h6-7,9,12,18H,3-5,8,15H2,1-2H3. The number of hydrogen-bond donors (Lipinski definition) is 2. The van der Waals surface area contributed by atoms with Crippen LogP contribution >= 0.6 is 0 Å². The van der Waals surface area contributed by atoms with Crippen LogP contribution in [0.3, 0.4) is 0 Å². The second-order valence-corrected chi connectivity index (χ2v) is 5.13. The Morgan fingerprint density at radius 1 is 1.65 bits per heavy atom. The first-order valence-electron chi connectivity index (χ1n) is 6.88. The van der Waals surface area contributed by atoms with Gasteiger partial charge in [0.25, 0.3) is 0 Å². The second-order valence-electron chi connectivity index (χ2n) is 5.13. The van der Waals surface area contributed by atoms with E-state index in [1.54, 1.807) is 13.0 Å². The lowest BCUT2D eigenvalue weighted by molar-refractivity contribution is 0.0527. The predicted molar refractivity (Wildman–Crippen MR) is 76.6 cm³/mol. The van der Waals surface area contributed by atoms with Crippen molar-refractivity contribution in [2.75, 3.05) is 30.3 Å². The molecule has 0 bridgehead atoms. The zero-order valence-electron chi connectivity index (χ0n) is 11.9. The van der Waals surface area contributed by atoms with E-state index in [4.69, 9.17) is 10.5 Å². The lowest BCUT2D eigenvalue weighted by Crippen LogP contribution is -2.43. The maximum atomic E-state index is 11.8. The molecular formula is C14H21N3O3. The molecule has 1 aliphatic heterocycles. The van der Waals surface area contributed by atoms with Crippen molar-refractivity contribution in [3.63, 3.8) is 0 Å². The maximum Gasteiger partial charge on any atom is 0.340 e. The number of nitrogens with two attached hydrogens (primary N) is 1. The highest BCUT2D eigenvalue weighted by molar-refractivity contribution is 5.95. The molecule has 1 aromatic heterocycles. The highest BCUT2D eigenvalue weighted by atomic mass is 16.5. The van der Waals surface area contributed by atoms with Crippen LogP contribution in [0, 0.1) is 5.92 Å². The monoisotopic (exact) mass is 279 g/mol. The highest BCUT2D eigenvalue weighted by Gasteiger charge is 2.26. The molecule has 0 radical (unpaired) electrons. The number of pyridine rings is 1. The number of aromatic nitrogens is 1. The van der Waals surface area contributed by atoms with Gasteiger partial charge < -0.3 is 20.5 Å². The summed E-state index contributed by atoms with van der Waals surface area (Å²) in [7, 11) is 0. The Bertz CT molecular complexity index is 493. The quantitative estimate of drug-likeness (QED) is 0.804. The van der Waals surface area contributed by atoms with Crippen LogP contribution in [0.4, 0.5) is 11.5 Å². The van der Waals surface area contributed by atoms with Crippen molar-refractivity contribution >= 4 is 17.5 Å². The summed E-state index contributed by atoms with van der Waals surface area (Å²) in [6.07, 6.45) is 1.97. The number of ether oxygens (including phenoxy) is 1. The predicted octanol–water partition coefficient (Wildman–Crippen LogP) is 1.05. The van der Waals surface area contributed by atoms with E-state index in [1.807, 2.05) is 11.8 Å². The Kier molecular flexibility index (Phi) is 4.44. The fourth-order valence-electron chi connectivity index (χ4n) is 2.27. The summed E-state index contributed by atoms with van der Waals surface area (Å²) >= 11 is 0. The summed E-state index contributed by atoms with van der Waals surface area (Å²) in [5.74, 6) is 0.484. The Hall–Kier alpha value is -1.82. The van der Waals surface area contributed by atoms with Crippen molar-refractivity contribution < 1.29 is 14.6 Å². The average molecular weight is 279 g/mol. The van der Waals surface area contributed by atoms with Crippen LogP contribution in [0.25, 0.3) is 0 Å². The zero-order chi connectivity index (χ0) is 14.7. The van der Waals surface area contributed by atoms with E-state index in [1.165, 1.54) is 6.20 Å². The summed E-state index contributed by atoms with van der Waals surface area (Å²) in [6, 6.07) is 1.63. The van der Waals surface area contributed by atoms with E-state index < -0.39 is 5.97 Å². The molecule has 0 saturated carbocycles. The van der Waals surface area contributed by atoms with Crippen molar-refractivity contribution in [1.29, 1.82) is 0 Å². The largest absolute Gasteiger partial charge is 0.462 e. The molecule has 2 unspecified atom stereocenters. The minimum absolute atomic E-state index is 0.282. The number of piperidine rings is 1. The molecule has 1 saturated heterocycles. The average Bonchev–Trinajstić information content (AvgIpc) is 2.42. The van der Waals surface area contributed by atoms with Gasteiger partial charge in [0, 0.05) is 13.1 Å². The summed E-state index contributed by atoms with van der Waals surface area (Å²) in [5.41, 5.74) is 6.40. The van der Waals surface area contributed by atoms with Crippen LogP contribution in [0.2, 0.25) is 0 Å². The van der Waals surface area contributed by atoms with Crippen LogP contribution < -0.4 is 10.6 Å². The van der Waals surface area contributed by atoms with E-state index in [9.17, 15) is 9.90 Å². The third kappa shape index (κ3) is 3.01. The normalized spacial score (nSPS) is 22.6. The van der Waals surface area contributed by atoms with Crippen LogP contribution in [-0.2, 0) is 4.74 Å². The minimum atomic E-state index is -0.445. The van der Waals surface area contributed by atoms with Crippen LogP contribution in [0.1, 0.15) is 30.6 Å². The molecule has 0 aliphatic carbocycles. The van der Waals surface area contributed by atoms with Crippen molar-refractivity contribution in [2.24, 2.45) is 5.92 Å². The smallest absolute Gasteiger partial charge is 0.340 e. The van der Waals surface area contributed by atoms with Crippen molar-refractivity contribution in [1.82, 2.24) is 4.98 Å². The summed E-state index contributed by atoms with van der Waals surface area (Å²) < 4.78 is 4.97. The second kappa shape index (κ2) is 6.09. The number of anilines is 2. The van der Waals surface area contributed by atoms with Gasteiger partial charge >= 0.3 is 5.97 Å². The number of nitrogens with zero attached hydrogens (tertiary/aromatic N) is 2. The summed E-state index contributed by atoms with van der Waals surface area (Å²) in [4.78, 5) is 18.0. The molecule has 6 heteroatoms. The number of rotatable bonds is 3. The first-order chi connectivity index (χ1) is 9.52. The van der Waals surface area contributed by atoms with Gasteiger partial charge in [-0.25, -0.2) is 9.78 Å². The maximum absolute atomic E-state index is 11.8. The SMILES string of the molecule is CCOC(=O)c1cc(N2CCC(C)C(O)C2)ncc1N. The third-order valence-electron chi connectivity index (χ3n) is 3.66. The molecule has 2 atom stereocenters. The zero-order valence-corrected chi connectivity index (χ0v) is 11.9. The van der Waals surface area contributed by atoms with Gasteiger partial charge in [0.05, 0.1) is 30.2 Å². The first-order valence-corrected chi connectivity index (χ1v) is 6.88. The Labute approximate surface area is 118 Å². The van der Waals surface area contributed by atoms with Gasteiger partial charge in [0.15, 0.2) is 0 Å². The molecule has 1 aromatic rings. The number of esters is 1. The molecule has 2 heterocycles. The number of nitrogen functional groups attached to an aromatic ring is 1. The third-order valence-corrected chi connectivity index (χ3v) is 3.66. The number of carbonyl (C=O) groups excluding carboxylic acids is 1. The van der Waals surface area contributed by atoms with Crippen molar-refractivity contribution in [2.45, 2.75) is 26.4 Å². The van der Waals surface area contributed by atoms with E-state index in [2.05, 4.69) is 4.98 Å². The molecule has 1 aliphatic rings. The van der Waals surface area contributed by atoms with Gasteiger partial charge in [0.1, 0.15) is 5.82 Å². The van der Waals surface area contributed by atoms with E-state index in [0.717, 1.165) is 13.0 Å². The van der Waals surface area contributed by atoms with E-state index in [0.29, 0.717) is 30.2 Å². The first kappa shape index (κ1) is 14.6. The molecule has 110 valence electrons. The fraction of sp³-hybridized carbons (Fsp3) is 0.571. The number of aliphatic hydroxyl groups excluding tert-OH is 1. The van der Waals surface area contributed by atoms with Gasteiger partial charge in [-0.1, -0.05) is 6.92 Å². The lowest BCUT2D eigenvalue weighted by Gasteiger charge is -2.35. The summed E-state index contributed by atoms with van der Waals surface area (Å²) in [6.45, 7) is 5.40. The van der Waals surface area contributed by atoms with Gasteiger partial charge in [0.2, 0.25) is 0 Å². The highest BCUT2D eigenvalue weighted by Crippen LogP contribution is 2.24. The molecular weight excluding hydrogens is 258 g/mol. The van der Waals surface area contributed by atoms with Crippen molar-refractivity contribution in [3.8, 4) is 0 Å². The lowest BCUT2D eigenvalue weighted by atomic mass is 9.96. The fourth-order valence-corrected chi connectivity index (χ4v) is 2.27. The molecule has 3 N–H and O–H groups in total. The van der Waals surface area contributed by atoms with Gasteiger partial charge in [-0.2, -0.15) is 0 Å². The Morgan fingerprint density at radius 3 is 3.05 bits per heavy atom. The molecule has 2 rings (SSSR count). The van der Waals surface area contributed by atoms with Crippen LogP contribution in [0.15, 0.2) is 12.3 Å². The molecule has 0 amide bonds. The van der Waals surface area contributed by atoms with E-state index >= 15 is 0 Å². The molecule has 6 nitrogen and oxygen atoms in total. The summed E-state index contributed by atoms with van der Waals surface area (Å²) in [5, 5.41) is 9.94. The Balaban J connectivity index is 2.21. The molecule has 20 heavy (non-hydrogen) atoms. The van der Waals surface area contributed by atoms with Gasteiger partial charge in [-0.15, -0.1) is 0 Å². The Morgan fingerprint density at radius 2 is 2.40 bits per heavy atom. The molecule has 1 fully saturated rings. The number of carbonyl (C=O) groups is 1. The number of aliphatic hydroxyl groups is 1. The van der Waals surface area contributed by atoms with Crippen LogP contribution in [0.5, 0.6) is 0 Å². The minimum Gasteiger partial charge on any atom is -0.462 e. The van der Waals surface area contributed by atoms with Gasteiger partial charge in [-0.3, -0.25) is 0 Å². The van der Waals surface area contributed by atoms with Crippen LogP contribution in [-0.4, -0.2) is 41.9 Å². The number of hydrogen-bond acceptors (Lipinski definition) is 6. The van der Waals surface area contributed by atoms with Crippen molar-refractivity contribution in [3.05, 3.63) is 17.8 Å². The molecule has 0 aromatic carbocycles.